The number of carbonyl (C=O) groups is 1. The Morgan fingerprint density at radius 3 is 2.81 bits per heavy atom. The van der Waals surface area contributed by atoms with E-state index in [-0.39, 0.29) is 18.9 Å². The van der Waals surface area contributed by atoms with Gasteiger partial charge in [0.05, 0.1) is 18.2 Å². The molecule has 1 atom stereocenters. The van der Waals surface area contributed by atoms with Gasteiger partial charge in [0, 0.05) is 7.11 Å². The number of carbonyl (C=O) groups excluding carboxylic acids is 1. The first-order valence-corrected chi connectivity index (χ1v) is 6.90. The Bertz CT molecular complexity index is 516. The molecule has 2 N–H and O–H groups in total. The number of fused-ring (bicyclic) bond motifs is 1. The first kappa shape index (κ1) is 15.4. The molecular formula is C15H22N2O4. The van der Waals surface area contributed by atoms with Gasteiger partial charge in [-0.15, -0.1) is 0 Å². The van der Waals surface area contributed by atoms with Crippen LogP contribution >= 0.6 is 0 Å². The summed E-state index contributed by atoms with van der Waals surface area (Å²) < 4.78 is 15.7. The third-order valence-electron chi connectivity index (χ3n) is 3.31. The van der Waals surface area contributed by atoms with Gasteiger partial charge < -0.3 is 24.8 Å². The number of urea groups is 1. The van der Waals surface area contributed by atoms with E-state index >= 15 is 0 Å². The van der Waals surface area contributed by atoms with Crippen molar-refractivity contribution in [2.75, 3.05) is 20.5 Å². The van der Waals surface area contributed by atoms with Crippen LogP contribution < -0.4 is 20.1 Å². The zero-order chi connectivity index (χ0) is 15.5. The van der Waals surface area contributed by atoms with E-state index in [1.54, 1.807) is 7.11 Å². The summed E-state index contributed by atoms with van der Waals surface area (Å²) >= 11 is 0. The summed E-state index contributed by atoms with van der Waals surface area (Å²) in [5.74, 6) is 1.43. The van der Waals surface area contributed by atoms with Crippen molar-refractivity contribution in [2.24, 2.45) is 0 Å². The molecule has 2 rings (SSSR count). The summed E-state index contributed by atoms with van der Waals surface area (Å²) in [7, 11) is 1.60. The van der Waals surface area contributed by atoms with Crippen molar-refractivity contribution < 1.29 is 19.0 Å². The summed E-state index contributed by atoms with van der Waals surface area (Å²) in [5, 5.41) is 5.78. The highest BCUT2D eigenvalue weighted by Crippen LogP contribution is 2.35. The molecule has 0 radical (unpaired) electrons. The normalized spacial score (nSPS) is 14.7. The maximum atomic E-state index is 12.0. The van der Waals surface area contributed by atoms with E-state index in [1.807, 2.05) is 39.0 Å². The van der Waals surface area contributed by atoms with Gasteiger partial charge in [-0.05, 0) is 38.5 Å². The predicted molar refractivity (Wildman–Crippen MR) is 78.6 cm³/mol. The zero-order valence-electron chi connectivity index (χ0n) is 12.9. The topological polar surface area (TPSA) is 68.8 Å². The van der Waals surface area contributed by atoms with E-state index in [1.165, 1.54) is 0 Å². The second-order valence-corrected chi connectivity index (χ2v) is 5.65. The molecule has 1 heterocycles. The van der Waals surface area contributed by atoms with Crippen LogP contribution in [0.5, 0.6) is 11.5 Å². The van der Waals surface area contributed by atoms with Gasteiger partial charge in [0.25, 0.3) is 0 Å². The third-order valence-corrected chi connectivity index (χ3v) is 3.31. The highest BCUT2D eigenvalue weighted by Gasteiger charge is 2.26. The summed E-state index contributed by atoms with van der Waals surface area (Å²) in [6.07, 6.45) is 0. The zero-order valence-corrected chi connectivity index (χ0v) is 12.9. The lowest BCUT2D eigenvalue weighted by atomic mass is 9.94. The van der Waals surface area contributed by atoms with Gasteiger partial charge in [-0.2, -0.15) is 0 Å². The van der Waals surface area contributed by atoms with Crippen molar-refractivity contribution in [3.63, 3.8) is 0 Å². The van der Waals surface area contributed by atoms with Gasteiger partial charge in [0.2, 0.25) is 6.79 Å². The number of rotatable bonds is 5. The van der Waals surface area contributed by atoms with Crippen LogP contribution in [0.4, 0.5) is 4.79 Å². The van der Waals surface area contributed by atoms with Crippen LogP contribution in [-0.4, -0.2) is 32.6 Å². The fourth-order valence-electron chi connectivity index (χ4n) is 2.19. The van der Waals surface area contributed by atoms with Crippen molar-refractivity contribution in [2.45, 2.75) is 32.4 Å². The number of ether oxygens (including phenoxy) is 3. The highest BCUT2D eigenvalue weighted by molar-refractivity contribution is 5.75. The fraction of sp³-hybridized carbons (Fsp3) is 0.533. The van der Waals surface area contributed by atoms with Crippen LogP contribution in [0, 0.1) is 0 Å². The fourth-order valence-corrected chi connectivity index (χ4v) is 2.19. The number of benzene rings is 1. The molecule has 0 spiro atoms. The highest BCUT2D eigenvalue weighted by atomic mass is 16.7. The molecule has 6 nitrogen and oxygen atoms in total. The van der Waals surface area contributed by atoms with Crippen LogP contribution in [0.15, 0.2) is 18.2 Å². The van der Waals surface area contributed by atoms with E-state index in [4.69, 9.17) is 14.2 Å². The lowest BCUT2D eigenvalue weighted by Gasteiger charge is -2.28. The standard InChI is InChI=1S/C15H22N2O4/c1-10(8-19-4)16-14(18)17-15(2,3)11-5-6-12-13(7-11)21-9-20-12/h5-7,10H,8-9H2,1-4H3,(H2,16,17,18). The Morgan fingerprint density at radius 2 is 2.10 bits per heavy atom. The molecule has 2 amide bonds. The Balaban J connectivity index is 2.02. The Kier molecular flexibility index (Phi) is 4.57. The van der Waals surface area contributed by atoms with Crippen LogP contribution in [0.2, 0.25) is 0 Å². The van der Waals surface area contributed by atoms with Crippen molar-refractivity contribution in [3.8, 4) is 11.5 Å². The molecule has 6 heteroatoms. The molecule has 0 saturated heterocycles. The van der Waals surface area contributed by atoms with E-state index < -0.39 is 5.54 Å². The molecule has 1 aromatic rings. The SMILES string of the molecule is COCC(C)NC(=O)NC(C)(C)c1ccc2c(c1)OCO2. The molecule has 1 unspecified atom stereocenters. The predicted octanol–water partition coefficient (Wildman–Crippen LogP) is 1.98. The van der Waals surface area contributed by atoms with Gasteiger partial charge in [-0.25, -0.2) is 4.79 Å². The average molecular weight is 294 g/mol. The van der Waals surface area contributed by atoms with Gasteiger partial charge >= 0.3 is 6.03 Å². The molecule has 116 valence electrons. The second kappa shape index (κ2) is 6.22. The minimum Gasteiger partial charge on any atom is -0.454 e. The van der Waals surface area contributed by atoms with Crippen LogP contribution in [0.25, 0.3) is 0 Å². The molecule has 0 bridgehead atoms. The molecule has 1 aliphatic rings. The van der Waals surface area contributed by atoms with Crippen LogP contribution in [0.1, 0.15) is 26.3 Å². The van der Waals surface area contributed by atoms with Gasteiger partial charge in [0.15, 0.2) is 11.5 Å². The number of amides is 2. The molecule has 0 aromatic heterocycles. The smallest absolute Gasteiger partial charge is 0.315 e. The number of nitrogens with one attached hydrogen (secondary N) is 2. The molecule has 21 heavy (non-hydrogen) atoms. The summed E-state index contributed by atoms with van der Waals surface area (Å²) in [5.41, 5.74) is 0.416. The van der Waals surface area contributed by atoms with Crippen molar-refractivity contribution in [1.82, 2.24) is 10.6 Å². The van der Waals surface area contributed by atoms with Crippen molar-refractivity contribution in [3.05, 3.63) is 23.8 Å². The molecule has 1 aromatic carbocycles. The van der Waals surface area contributed by atoms with Gasteiger partial charge in [-0.3, -0.25) is 0 Å². The van der Waals surface area contributed by atoms with E-state index in [0.29, 0.717) is 12.4 Å². The Hall–Kier alpha value is -1.95. The largest absolute Gasteiger partial charge is 0.454 e. The van der Waals surface area contributed by atoms with Crippen LogP contribution in [-0.2, 0) is 10.3 Å². The number of hydrogen-bond acceptors (Lipinski definition) is 4. The molecule has 1 aliphatic heterocycles. The lowest BCUT2D eigenvalue weighted by Crippen LogP contribution is -2.49. The molecular weight excluding hydrogens is 272 g/mol. The molecule has 0 saturated carbocycles. The minimum absolute atomic E-state index is 0.0532. The summed E-state index contributed by atoms with van der Waals surface area (Å²) in [6, 6.07) is 5.38. The third kappa shape index (κ3) is 3.78. The lowest BCUT2D eigenvalue weighted by molar-refractivity contribution is 0.169. The average Bonchev–Trinajstić information content (AvgIpc) is 2.84. The first-order chi connectivity index (χ1) is 9.92. The van der Waals surface area contributed by atoms with Gasteiger partial charge in [0.1, 0.15) is 0 Å². The number of hydrogen-bond donors (Lipinski definition) is 2. The van der Waals surface area contributed by atoms with Crippen molar-refractivity contribution >= 4 is 6.03 Å². The summed E-state index contributed by atoms with van der Waals surface area (Å²) in [4.78, 5) is 12.0. The van der Waals surface area contributed by atoms with E-state index in [9.17, 15) is 4.79 Å². The maximum absolute atomic E-state index is 12.0. The Labute approximate surface area is 124 Å². The quantitative estimate of drug-likeness (QED) is 0.871. The van der Waals surface area contributed by atoms with Crippen LogP contribution in [0.3, 0.4) is 0 Å². The maximum Gasteiger partial charge on any atom is 0.315 e. The first-order valence-electron chi connectivity index (χ1n) is 6.90. The molecule has 0 aliphatic carbocycles. The number of methoxy groups -OCH3 is 1. The minimum atomic E-state index is -0.530. The summed E-state index contributed by atoms with van der Waals surface area (Å²) in [6.45, 7) is 6.46. The molecule has 0 fully saturated rings. The monoisotopic (exact) mass is 294 g/mol. The van der Waals surface area contributed by atoms with E-state index in [2.05, 4.69) is 10.6 Å². The Morgan fingerprint density at radius 1 is 1.38 bits per heavy atom. The van der Waals surface area contributed by atoms with Gasteiger partial charge in [-0.1, -0.05) is 6.07 Å². The second-order valence-electron chi connectivity index (χ2n) is 5.65. The van der Waals surface area contributed by atoms with Crippen molar-refractivity contribution in [1.29, 1.82) is 0 Å². The van der Waals surface area contributed by atoms with E-state index in [0.717, 1.165) is 11.3 Å².